The number of hydrogen-bond acceptors (Lipinski definition) is 4. The van der Waals surface area contributed by atoms with E-state index in [9.17, 15) is 14.4 Å². The normalized spacial score (nSPS) is 11.2. The number of carbonyl (C=O) groups excluding carboxylic acids is 3. The van der Waals surface area contributed by atoms with Crippen molar-refractivity contribution in [3.8, 4) is 0 Å². The highest BCUT2D eigenvalue weighted by atomic mass is 16.2. The minimum Gasteiger partial charge on any atom is -0.368 e. The molecule has 0 spiro atoms. The van der Waals surface area contributed by atoms with Crippen molar-refractivity contribution >= 4 is 17.7 Å². The Hall–Kier alpha value is -6.31. The van der Waals surface area contributed by atoms with Crippen molar-refractivity contribution in [3.63, 3.8) is 0 Å². The van der Waals surface area contributed by atoms with Gasteiger partial charge < -0.3 is 20.9 Å². The predicted octanol–water partition coefficient (Wildman–Crippen LogP) is 8.39. The zero-order valence-electron chi connectivity index (χ0n) is 33.1. The molecule has 3 amide bonds. The Bertz CT molecular complexity index is 2000. The van der Waals surface area contributed by atoms with Crippen molar-refractivity contribution in [2.24, 2.45) is 5.73 Å². The Morgan fingerprint density at radius 1 is 0.414 bits per heavy atom. The Morgan fingerprint density at radius 3 is 1.02 bits per heavy atom. The van der Waals surface area contributed by atoms with Crippen molar-refractivity contribution in [1.29, 1.82) is 0 Å². The van der Waals surface area contributed by atoms with Crippen LogP contribution in [0.1, 0.15) is 70.4 Å². The first kappa shape index (κ1) is 41.3. The van der Waals surface area contributed by atoms with Crippen LogP contribution in [0.3, 0.4) is 0 Å². The van der Waals surface area contributed by atoms with Crippen LogP contribution < -0.4 is 11.1 Å². The maximum absolute atomic E-state index is 14.3. The lowest BCUT2D eigenvalue weighted by molar-refractivity contribution is -0.141. The van der Waals surface area contributed by atoms with Gasteiger partial charge in [-0.25, -0.2) is 0 Å². The molecule has 0 atom stereocenters. The van der Waals surface area contributed by atoms with Crippen LogP contribution in [-0.4, -0.2) is 66.8 Å². The molecule has 0 fully saturated rings. The van der Waals surface area contributed by atoms with Crippen molar-refractivity contribution in [2.45, 2.75) is 37.0 Å². The van der Waals surface area contributed by atoms with Crippen LogP contribution in [0.5, 0.6) is 0 Å². The van der Waals surface area contributed by atoms with Gasteiger partial charge >= 0.3 is 0 Å². The fraction of sp³-hybridized carbons (Fsp3) is 0.235. The van der Waals surface area contributed by atoms with E-state index in [1.807, 2.05) is 84.9 Å². The monoisotopic (exact) mass is 770 g/mol. The van der Waals surface area contributed by atoms with E-state index >= 15 is 0 Å². The van der Waals surface area contributed by atoms with Gasteiger partial charge in [0.05, 0.1) is 19.6 Å². The van der Waals surface area contributed by atoms with Crippen molar-refractivity contribution in [3.05, 3.63) is 215 Å². The van der Waals surface area contributed by atoms with E-state index in [0.29, 0.717) is 32.5 Å². The molecule has 0 heterocycles. The zero-order chi connectivity index (χ0) is 40.4. The smallest absolute Gasteiger partial charge is 0.242 e. The molecule has 3 N–H and O–H groups in total. The molecule has 0 bridgehead atoms. The van der Waals surface area contributed by atoms with Crippen LogP contribution in [-0.2, 0) is 14.4 Å². The van der Waals surface area contributed by atoms with Crippen LogP contribution in [0.4, 0.5) is 0 Å². The summed E-state index contributed by atoms with van der Waals surface area (Å²) in [7, 11) is 0. The first-order chi connectivity index (χ1) is 28.5. The van der Waals surface area contributed by atoms with Crippen LogP contribution in [0.2, 0.25) is 0 Å². The fourth-order valence-corrected chi connectivity index (χ4v) is 7.85. The molecule has 0 radical (unpaired) electrons. The van der Waals surface area contributed by atoms with Crippen molar-refractivity contribution < 1.29 is 14.4 Å². The quantitative estimate of drug-likeness (QED) is 0.0720. The molecule has 0 unspecified atom stereocenters. The molecule has 0 aliphatic rings. The highest BCUT2D eigenvalue weighted by Crippen LogP contribution is 2.30. The molecule has 7 nitrogen and oxygen atoms in total. The number of nitrogens with two attached hydrogens (primary N) is 1. The number of nitrogens with one attached hydrogen (secondary N) is 1. The molecule has 296 valence electrons. The van der Waals surface area contributed by atoms with E-state index in [1.54, 1.807) is 4.90 Å². The van der Waals surface area contributed by atoms with Gasteiger partial charge in [0.2, 0.25) is 17.7 Å². The van der Waals surface area contributed by atoms with Gasteiger partial charge in [0.1, 0.15) is 0 Å². The summed E-state index contributed by atoms with van der Waals surface area (Å²) in [5.41, 5.74) is 12.7. The second-order valence-electron chi connectivity index (χ2n) is 14.8. The maximum atomic E-state index is 14.3. The lowest BCUT2D eigenvalue weighted by atomic mass is 9.88. The molecular weight excluding hydrogens is 717 g/mol. The molecule has 6 aromatic rings. The Balaban J connectivity index is 1.19. The Kier molecular flexibility index (Phi) is 15.6. The third-order valence-corrected chi connectivity index (χ3v) is 10.9. The van der Waals surface area contributed by atoms with Gasteiger partial charge in [0, 0.05) is 30.8 Å². The topological polar surface area (TPSA) is 95.7 Å². The van der Waals surface area contributed by atoms with Gasteiger partial charge in [0.25, 0.3) is 0 Å². The maximum Gasteiger partial charge on any atom is 0.242 e. The van der Waals surface area contributed by atoms with Crippen molar-refractivity contribution in [2.75, 3.05) is 39.3 Å². The highest BCUT2D eigenvalue weighted by molar-refractivity contribution is 5.88. The first-order valence-electron chi connectivity index (χ1n) is 20.3. The number of nitrogens with zero attached hydrogens (tertiary/aromatic N) is 2. The molecule has 0 saturated heterocycles. The second kappa shape index (κ2) is 21.8. The molecule has 7 heteroatoms. The number of benzene rings is 6. The Labute approximate surface area is 343 Å². The van der Waals surface area contributed by atoms with Gasteiger partial charge in [0.15, 0.2) is 0 Å². The predicted molar refractivity (Wildman–Crippen MR) is 233 cm³/mol. The van der Waals surface area contributed by atoms with Crippen LogP contribution >= 0.6 is 0 Å². The molecule has 6 aromatic carbocycles. The van der Waals surface area contributed by atoms with Gasteiger partial charge in [-0.1, -0.05) is 182 Å². The standard InChI is InChI=1S/C51H54N4O3/c52-49(56)38-54(35-32-47(42-23-11-3-12-24-42)43-25-13-4-14-26-43)51(58)39-55(36-33-48(44-27-15-5-16-28-44)45-29-17-6-18-30-45)50(57)37-53-34-31-46(40-19-7-1-8-20-40)41-21-9-2-10-22-41/h1-30,46-48,53H,31-39H2,(H2,52,56). The number of carbonyl (C=O) groups is 3. The fourth-order valence-electron chi connectivity index (χ4n) is 7.85. The van der Waals surface area contributed by atoms with E-state index in [1.165, 1.54) is 16.0 Å². The summed E-state index contributed by atoms with van der Waals surface area (Å²) >= 11 is 0. The second-order valence-corrected chi connectivity index (χ2v) is 14.8. The zero-order valence-corrected chi connectivity index (χ0v) is 33.1. The number of hydrogen-bond donors (Lipinski definition) is 2. The van der Waals surface area contributed by atoms with E-state index in [0.717, 1.165) is 28.7 Å². The molecule has 0 aromatic heterocycles. The summed E-state index contributed by atoms with van der Waals surface area (Å²) in [6.45, 7) is 0.929. The molecule has 0 aliphatic heterocycles. The molecule has 6 rings (SSSR count). The molecule has 58 heavy (non-hydrogen) atoms. The van der Waals surface area contributed by atoms with Crippen LogP contribution in [0, 0.1) is 0 Å². The largest absolute Gasteiger partial charge is 0.368 e. The summed E-state index contributed by atoms with van der Waals surface area (Å²) in [5.74, 6) is -0.898. The molecule has 0 aliphatic carbocycles. The molecule has 0 saturated carbocycles. The Morgan fingerprint density at radius 2 is 0.707 bits per heavy atom. The number of primary amides is 1. The van der Waals surface area contributed by atoms with Crippen molar-refractivity contribution in [1.82, 2.24) is 15.1 Å². The minimum atomic E-state index is -0.594. The van der Waals surface area contributed by atoms with Gasteiger partial charge in [-0.3, -0.25) is 14.4 Å². The summed E-state index contributed by atoms with van der Waals surface area (Å²) in [5, 5.41) is 3.41. The third-order valence-electron chi connectivity index (χ3n) is 10.9. The summed E-state index contributed by atoms with van der Waals surface area (Å²) in [6.07, 6.45) is 1.98. The number of rotatable bonds is 21. The SMILES string of the molecule is NC(=O)CN(CCC(c1ccccc1)c1ccccc1)C(=O)CN(CCC(c1ccccc1)c1ccccc1)C(=O)CNCCC(c1ccccc1)c1ccccc1. The van der Waals surface area contributed by atoms with Gasteiger partial charge in [-0.15, -0.1) is 0 Å². The van der Waals surface area contributed by atoms with E-state index in [4.69, 9.17) is 5.73 Å². The summed E-state index contributed by atoms with van der Waals surface area (Å²) < 4.78 is 0. The minimum absolute atomic E-state index is 0.000567. The average molecular weight is 771 g/mol. The average Bonchev–Trinajstić information content (AvgIpc) is 3.27. The summed E-state index contributed by atoms with van der Waals surface area (Å²) in [6, 6.07) is 61.7. The summed E-state index contributed by atoms with van der Waals surface area (Å²) in [4.78, 5) is 44.1. The van der Waals surface area contributed by atoms with Crippen LogP contribution in [0.25, 0.3) is 0 Å². The van der Waals surface area contributed by atoms with Gasteiger partial charge in [-0.05, 0) is 59.2 Å². The van der Waals surface area contributed by atoms with E-state index < -0.39 is 5.91 Å². The third kappa shape index (κ3) is 12.1. The van der Waals surface area contributed by atoms with Gasteiger partial charge in [-0.2, -0.15) is 0 Å². The number of amides is 3. The van der Waals surface area contributed by atoms with Crippen LogP contribution in [0.15, 0.2) is 182 Å². The highest BCUT2D eigenvalue weighted by Gasteiger charge is 2.26. The van der Waals surface area contributed by atoms with E-state index in [-0.39, 0.29) is 49.2 Å². The molecular formula is C51H54N4O3. The lowest BCUT2D eigenvalue weighted by Crippen LogP contribution is -2.48. The lowest BCUT2D eigenvalue weighted by Gasteiger charge is -2.30. The van der Waals surface area contributed by atoms with E-state index in [2.05, 4.69) is 102 Å². The first-order valence-corrected chi connectivity index (χ1v) is 20.3.